The number of aromatic nitrogens is 2. The number of rotatable bonds is 5. The number of nitrogens with zero attached hydrogens (tertiary/aromatic N) is 3. The molecule has 2 amide bonds. The second-order valence-corrected chi connectivity index (χ2v) is 8.32. The summed E-state index contributed by atoms with van der Waals surface area (Å²) in [7, 11) is 0. The molecule has 1 saturated heterocycles. The average Bonchev–Trinajstić information content (AvgIpc) is 2.69. The number of carbonyl (C=O) groups excluding carboxylic acids is 2. The highest BCUT2D eigenvalue weighted by molar-refractivity contribution is 6.30. The van der Waals surface area contributed by atoms with Crippen molar-refractivity contribution in [3.63, 3.8) is 0 Å². The summed E-state index contributed by atoms with van der Waals surface area (Å²) in [5.41, 5.74) is 1.67. The first-order chi connectivity index (χ1) is 13.8. The molecule has 1 unspecified atom stereocenters. The van der Waals surface area contributed by atoms with Gasteiger partial charge in [-0.3, -0.25) is 9.59 Å². The molecule has 1 N–H and O–H groups in total. The van der Waals surface area contributed by atoms with Crippen molar-refractivity contribution < 1.29 is 9.59 Å². The number of halogens is 1. The molecule has 1 aromatic heterocycles. The second-order valence-electron chi connectivity index (χ2n) is 7.88. The van der Waals surface area contributed by atoms with Crippen molar-refractivity contribution in [3.8, 4) is 0 Å². The summed E-state index contributed by atoms with van der Waals surface area (Å²) in [5.74, 6) is 0.803. The third kappa shape index (κ3) is 5.32. The zero-order chi connectivity index (χ0) is 21.0. The van der Waals surface area contributed by atoms with Crippen LogP contribution in [0.1, 0.15) is 67.4 Å². The van der Waals surface area contributed by atoms with E-state index in [1.165, 1.54) is 0 Å². The highest BCUT2D eigenvalue weighted by Crippen LogP contribution is 2.30. The number of carbonyl (C=O) groups is 2. The summed E-state index contributed by atoms with van der Waals surface area (Å²) in [4.78, 5) is 36.3. The van der Waals surface area contributed by atoms with E-state index < -0.39 is 0 Å². The summed E-state index contributed by atoms with van der Waals surface area (Å²) >= 11 is 5.88. The zero-order valence-corrected chi connectivity index (χ0v) is 17.9. The molecule has 0 bridgehead atoms. The van der Waals surface area contributed by atoms with Gasteiger partial charge in [0.1, 0.15) is 0 Å². The average molecular weight is 415 g/mol. The molecule has 0 aliphatic carbocycles. The first kappa shape index (κ1) is 21.2. The lowest BCUT2D eigenvalue weighted by Crippen LogP contribution is -2.39. The lowest BCUT2D eigenvalue weighted by Gasteiger charge is -2.35. The Balaban J connectivity index is 1.77. The molecule has 1 aliphatic heterocycles. The largest absolute Gasteiger partial charge is 0.332 e. The molecular formula is C22H27ClN4O2. The van der Waals surface area contributed by atoms with E-state index in [2.05, 4.69) is 15.3 Å². The topological polar surface area (TPSA) is 75.2 Å². The van der Waals surface area contributed by atoms with Crippen LogP contribution in [0.4, 0.5) is 5.69 Å². The number of piperidine rings is 1. The van der Waals surface area contributed by atoms with Crippen LogP contribution in [0.15, 0.2) is 30.5 Å². The fourth-order valence-electron chi connectivity index (χ4n) is 3.57. The van der Waals surface area contributed by atoms with E-state index in [1.807, 2.05) is 18.7 Å². The van der Waals surface area contributed by atoms with Gasteiger partial charge in [0.25, 0.3) is 5.91 Å². The van der Waals surface area contributed by atoms with Gasteiger partial charge in [-0.15, -0.1) is 0 Å². The molecule has 0 radical (unpaired) electrons. The fraction of sp³-hybridized carbons (Fsp3) is 0.455. The molecule has 2 heterocycles. The van der Waals surface area contributed by atoms with E-state index in [1.54, 1.807) is 37.4 Å². The zero-order valence-electron chi connectivity index (χ0n) is 17.1. The summed E-state index contributed by atoms with van der Waals surface area (Å²) < 4.78 is 0. The van der Waals surface area contributed by atoms with Gasteiger partial charge in [-0.25, -0.2) is 9.97 Å². The van der Waals surface area contributed by atoms with Gasteiger partial charge in [0.15, 0.2) is 5.82 Å². The number of nitrogens with one attached hydrogen (secondary N) is 1. The van der Waals surface area contributed by atoms with Crippen LogP contribution in [0.5, 0.6) is 0 Å². The van der Waals surface area contributed by atoms with Crippen LogP contribution >= 0.6 is 11.6 Å². The summed E-state index contributed by atoms with van der Waals surface area (Å²) in [6.45, 7) is 6.62. The number of benzene rings is 1. The van der Waals surface area contributed by atoms with Gasteiger partial charge in [-0.1, -0.05) is 25.4 Å². The molecule has 6 nitrogen and oxygen atoms in total. The Labute approximate surface area is 176 Å². The van der Waals surface area contributed by atoms with Crippen molar-refractivity contribution in [2.24, 2.45) is 5.92 Å². The number of hydrogen-bond donors (Lipinski definition) is 1. The lowest BCUT2D eigenvalue weighted by molar-refractivity contribution is -0.136. The Morgan fingerprint density at radius 1 is 1.24 bits per heavy atom. The molecule has 1 aromatic carbocycles. The van der Waals surface area contributed by atoms with E-state index >= 15 is 0 Å². The van der Waals surface area contributed by atoms with Crippen molar-refractivity contribution in [2.75, 3.05) is 11.9 Å². The molecule has 1 atom stereocenters. The molecule has 29 heavy (non-hydrogen) atoms. The van der Waals surface area contributed by atoms with Gasteiger partial charge < -0.3 is 10.2 Å². The predicted molar refractivity (Wildman–Crippen MR) is 114 cm³/mol. The smallest absolute Gasteiger partial charge is 0.259 e. The van der Waals surface area contributed by atoms with Crippen LogP contribution < -0.4 is 5.32 Å². The molecule has 1 fully saturated rings. The Morgan fingerprint density at radius 3 is 2.62 bits per heavy atom. The van der Waals surface area contributed by atoms with Crippen molar-refractivity contribution in [1.82, 2.24) is 14.9 Å². The second kappa shape index (κ2) is 9.35. The minimum absolute atomic E-state index is 0.123. The number of likely N-dealkylation sites (tertiary alicyclic amines) is 1. The van der Waals surface area contributed by atoms with Gasteiger partial charge in [-0.2, -0.15) is 0 Å². The van der Waals surface area contributed by atoms with E-state index in [9.17, 15) is 9.59 Å². The quantitative estimate of drug-likeness (QED) is 0.763. The molecule has 7 heteroatoms. The maximum atomic E-state index is 12.7. The number of aryl methyl sites for hydroxylation is 1. The molecule has 1 aliphatic rings. The van der Waals surface area contributed by atoms with Gasteiger partial charge >= 0.3 is 0 Å². The minimum Gasteiger partial charge on any atom is -0.332 e. The monoisotopic (exact) mass is 414 g/mol. The van der Waals surface area contributed by atoms with Gasteiger partial charge in [0, 0.05) is 29.9 Å². The Morgan fingerprint density at radius 2 is 1.97 bits per heavy atom. The van der Waals surface area contributed by atoms with Crippen LogP contribution in [0.2, 0.25) is 5.02 Å². The van der Waals surface area contributed by atoms with Crippen molar-refractivity contribution in [3.05, 3.63) is 52.6 Å². The van der Waals surface area contributed by atoms with E-state index in [-0.39, 0.29) is 17.9 Å². The molecule has 0 saturated carbocycles. The highest BCUT2D eigenvalue weighted by atomic mass is 35.5. The van der Waals surface area contributed by atoms with Crippen molar-refractivity contribution in [1.29, 1.82) is 0 Å². The van der Waals surface area contributed by atoms with Crippen molar-refractivity contribution >= 4 is 29.1 Å². The molecule has 2 aromatic rings. The standard InChI is InChI=1S/C22H27ClN4O2/c1-14(2)12-20(28)27-11-5-4-6-19(27)21-24-13-18(15(3)25-21)22(29)26-17-9-7-16(23)8-10-17/h7-10,13-14,19H,4-6,11-12H2,1-3H3,(H,26,29). The van der Waals surface area contributed by atoms with Crippen LogP contribution in [0.3, 0.4) is 0 Å². The number of amides is 2. The third-order valence-corrected chi connectivity index (χ3v) is 5.30. The first-order valence-corrected chi connectivity index (χ1v) is 10.4. The Bertz CT molecular complexity index is 883. The summed E-state index contributed by atoms with van der Waals surface area (Å²) in [6, 6.07) is 6.79. The third-order valence-electron chi connectivity index (χ3n) is 5.05. The molecule has 3 rings (SSSR count). The maximum Gasteiger partial charge on any atom is 0.259 e. The Kier molecular flexibility index (Phi) is 6.85. The van der Waals surface area contributed by atoms with Gasteiger partial charge in [0.2, 0.25) is 5.91 Å². The SMILES string of the molecule is Cc1nc(C2CCCCN2C(=O)CC(C)C)ncc1C(=O)Nc1ccc(Cl)cc1. The highest BCUT2D eigenvalue weighted by Gasteiger charge is 2.30. The summed E-state index contributed by atoms with van der Waals surface area (Å²) in [6.07, 6.45) is 4.97. The molecular weight excluding hydrogens is 388 g/mol. The number of hydrogen-bond acceptors (Lipinski definition) is 4. The Hall–Kier alpha value is -2.47. The normalized spacial score (nSPS) is 16.7. The lowest BCUT2D eigenvalue weighted by atomic mass is 9.99. The van der Waals surface area contributed by atoms with E-state index in [0.29, 0.717) is 40.1 Å². The van der Waals surface area contributed by atoms with E-state index in [4.69, 9.17) is 11.6 Å². The molecule has 0 spiro atoms. The molecule has 154 valence electrons. The minimum atomic E-state index is -0.271. The van der Waals surface area contributed by atoms with Crippen LogP contribution in [0, 0.1) is 12.8 Å². The van der Waals surface area contributed by atoms with Crippen LogP contribution in [-0.2, 0) is 4.79 Å². The van der Waals surface area contributed by atoms with Gasteiger partial charge in [-0.05, 0) is 56.4 Å². The summed E-state index contributed by atoms with van der Waals surface area (Å²) in [5, 5.41) is 3.44. The van der Waals surface area contributed by atoms with Crippen LogP contribution in [-0.4, -0.2) is 33.2 Å². The number of anilines is 1. The fourth-order valence-corrected chi connectivity index (χ4v) is 3.69. The first-order valence-electron chi connectivity index (χ1n) is 10.0. The van der Waals surface area contributed by atoms with E-state index in [0.717, 1.165) is 25.8 Å². The predicted octanol–water partition coefficient (Wildman–Crippen LogP) is 4.79. The maximum absolute atomic E-state index is 12.7. The van der Waals surface area contributed by atoms with Gasteiger partial charge in [0.05, 0.1) is 17.3 Å². The van der Waals surface area contributed by atoms with Crippen molar-refractivity contribution in [2.45, 2.75) is 52.5 Å². The van der Waals surface area contributed by atoms with Crippen LogP contribution in [0.25, 0.3) is 0 Å².